The molecule has 2 fully saturated rings. The molecule has 0 aliphatic carbocycles. The van der Waals surface area contributed by atoms with E-state index in [2.05, 4.69) is 10.1 Å². The van der Waals surface area contributed by atoms with Crippen LogP contribution in [0, 0.1) is 0 Å². The van der Waals surface area contributed by atoms with Crippen molar-refractivity contribution in [1.82, 2.24) is 5.32 Å². The van der Waals surface area contributed by atoms with Crippen LogP contribution in [0.5, 0.6) is 0 Å². The quantitative estimate of drug-likeness (QED) is 0.652. The number of nitrogens with one attached hydrogen (secondary N) is 1. The summed E-state index contributed by atoms with van der Waals surface area (Å²) in [6, 6.07) is 8.90. The Kier molecular flexibility index (Phi) is 7.43. The number of hydrogen-bond donors (Lipinski definition) is 1. The summed E-state index contributed by atoms with van der Waals surface area (Å²) in [5.74, 6) is -1.68. The standard InChI is InChI=1S/C21H29NO8/c1-13(23)22-17-19(26-12-16(24)25-4)18-15(11-28-21(2,3)30-18)29-20(17)27-10-14-8-6-5-7-9-14/h5-9,15,17-20H,10-12H2,1-4H3,(H,22,23)/t15-,17-,18-,19-,20+/m1/s1. The number of fused-ring (bicyclic) bond motifs is 1. The Hall–Kier alpha value is -2.04. The van der Waals surface area contributed by atoms with Gasteiger partial charge in [0.15, 0.2) is 12.1 Å². The van der Waals surface area contributed by atoms with Gasteiger partial charge in [-0.2, -0.15) is 0 Å². The summed E-state index contributed by atoms with van der Waals surface area (Å²) in [7, 11) is 1.28. The van der Waals surface area contributed by atoms with E-state index >= 15 is 0 Å². The van der Waals surface area contributed by atoms with Crippen molar-refractivity contribution in [1.29, 1.82) is 0 Å². The highest BCUT2D eigenvalue weighted by atomic mass is 16.8. The van der Waals surface area contributed by atoms with Crippen LogP contribution in [0.3, 0.4) is 0 Å². The van der Waals surface area contributed by atoms with Gasteiger partial charge >= 0.3 is 5.97 Å². The Bertz CT molecular complexity index is 725. The van der Waals surface area contributed by atoms with E-state index in [1.54, 1.807) is 13.8 Å². The van der Waals surface area contributed by atoms with Crippen molar-refractivity contribution in [3.05, 3.63) is 35.9 Å². The van der Waals surface area contributed by atoms with Crippen LogP contribution in [0.25, 0.3) is 0 Å². The normalized spacial score (nSPS) is 30.2. The third kappa shape index (κ3) is 5.77. The fourth-order valence-electron chi connectivity index (χ4n) is 3.53. The van der Waals surface area contributed by atoms with Crippen LogP contribution in [0.15, 0.2) is 30.3 Å². The molecule has 1 aromatic rings. The second kappa shape index (κ2) is 9.84. The van der Waals surface area contributed by atoms with Gasteiger partial charge < -0.3 is 33.7 Å². The monoisotopic (exact) mass is 423 g/mol. The third-order valence-electron chi connectivity index (χ3n) is 4.91. The van der Waals surface area contributed by atoms with Crippen molar-refractivity contribution < 1.29 is 38.0 Å². The van der Waals surface area contributed by atoms with E-state index in [4.69, 9.17) is 23.7 Å². The second-order valence-electron chi connectivity index (χ2n) is 7.71. The number of benzene rings is 1. The highest BCUT2D eigenvalue weighted by Crippen LogP contribution is 2.34. The Morgan fingerprint density at radius 1 is 1.20 bits per heavy atom. The lowest BCUT2D eigenvalue weighted by molar-refractivity contribution is -0.372. The van der Waals surface area contributed by atoms with E-state index in [9.17, 15) is 9.59 Å². The number of amides is 1. The lowest BCUT2D eigenvalue weighted by atomic mass is 9.95. The third-order valence-corrected chi connectivity index (χ3v) is 4.91. The molecule has 2 saturated heterocycles. The molecule has 0 radical (unpaired) electrons. The molecule has 1 aromatic carbocycles. The molecule has 3 rings (SSSR count). The summed E-state index contributed by atoms with van der Waals surface area (Å²) in [5.41, 5.74) is 0.953. The Morgan fingerprint density at radius 3 is 2.60 bits per heavy atom. The van der Waals surface area contributed by atoms with E-state index in [0.29, 0.717) is 0 Å². The fourth-order valence-corrected chi connectivity index (χ4v) is 3.53. The summed E-state index contributed by atoms with van der Waals surface area (Å²) in [5, 5.41) is 2.83. The summed E-state index contributed by atoms with van der Waals surface area (Å²) in [6.07, 6.45) is -2.61. The maximum atomic E-state index is 11.9. The van der Waals surface area contributed by atoms with Crippen molar-refractivity contribution in [2.75, 3.05) is 20.3 Å². The molecule has 0 unspecified atom stereocenters. The molecule has 0 bridgehead atoms. The van der Waals surface area contributed by atoms with E-state index < -0.39 is 42.4 Å². The van der Waals surface area contributed by atoms with Crippen molar-refractivity contribution >= 4 is 11.9 Å². The molecule has 1 N–H and O–H groups in total. The lowest BCUT2D eigenvalue weighted by Crippen LogP contribution is -2.69. The molecular formula is C21H29NO8. The summed E-state index contributed by atoms with van der Waals surface area (Å²) in [4.78, 5) is 23.6. The largest absolute Gasteiger partial charge is 0.467 e. The topological polar surface area (TPSA) is 102 Å². The Labute approximate surface area is 175 Å². The minimum atomic E-state index is -0.865. The SMILES string of the molecule is COC(=O)CO[C@@H]1[C@@H](NC(C)=O)[C@@H](OCc2ccccc2)O[C@@H]2COC(C)(C)O[C@@H]12. The molecule has 2 heterocycles. The van der Waals surface area contributed by atoms with Gasteiger partial charge in [0.05, 0.1) is 20.3 Å². The van der Waals surface area contributed by atoms with Gasteiger partial charge in [0.25, 0.3) is 0 Å². The minimum absolute atomic E-state index is 0.258. The highest BCUT2D eigenvalue weighted by Gasteiger charge is 2.52. The Morgan fingerprint density at radius 2 is 1.93 bits per heavy atom. The minimum Gasteiger partial charge on any atom is -0.467 e. The van der Waals surface area contributed by atoms with E-state index in [0.717, 1.165) is 5.56 Å². The first-order valence-electron chi connectivity index (χ1n) is 9.87. The number of carbonyl (C=O) groups is 2. The molecule has 0 spiro atoms. The highest BCUT2D eigenvalue weighted by molar-refractivity contribution is 5.73. The van der Waals surface area contributed by atoms with Crippen LogP contribution in [-0.2, 0) is 44.6 Å². The first-order valence-corrected chi connectivity index (χ1v) is 9.87. The molecule has 2 aliphatic rings. The zero-order valence-electron chi connectivity index (χ0n) is 17.7. The first-order chi connectivity index (χ1) is 14.3. The maximum absolute atomic E-state index is 11.9. The van der Waals surface area contributed by atoms with Crippen LogP contribution in [0.1, 0.15) is 26.3 Å². The number of carbonyl (C=O) groups excluding carboxylic acids is 2. The lowest BCUT2D eigenvalue weighted by Gasteiger charge is -2.51. The number of rotatable bonds is 7. The zero-order chi connectivity index (χ0) is 21.7. The predicted octanol–water partition coefficient (Wildman–Crippen LogP) is 1.14. The van der Waals surface area contributed by atoms with Gasteiger partial charge in [0, 0.05) is 6.92 Å². The van der Waals surface area contributed by atoms with Gasteiger partial charge in [-0.1, -0.05) is 30.3 Å². The van der Waals surface area contributed by atoms with Crippen molar-refractivity contribution in [3.8, 4) is 0 Å². The van der Waals surface area contributed by atoms with Crippen molar-refractivity contribution in [2.45, 2.75) is 63.8 Å². The Balaban J connectivity index is 1.82. The molecule has 0 saturated carbocycles. The average molecular weight is 423 g/mol. The molecule has 2 aliphatic heterocycles. The summed E-state index contributed by atoms with van der Waals surface area (Å²) >= 11 is 0. The summed E-state index contributed by atoms with van der Waals surface area (Å²) in [6.45, 7) is 5.20. The number of methoxy groups -OCH3 is 1. The maximum Gasteiger partial charge on any atom is 0.331 e. The average Bonchev–Trinajstić information content (AvgIpc) is 2.71. The van der Waals surface area contributed by atoms with Gasteiger partial charge in [0.1, 0.15) is 31.0 Å². The van der Waals surface area contributed by atoms with Crippen LogP contribution in [-0.4, -0.2) is 68.6 Å². The second-order valence-corrected chi connectivity index (χ2v) is 7.71. The van der Waals surface area contributed by atoms with Crippen LogP contribution in [0.2, 0.25) is 0 Å². The molecule has 1 amide bonds. The molecule has 0 aromatic heterocycles. The van der Waals surface area contributed by atoms with Crippen LogP contribution >= 0.6 is 0 Å². The molecule has 9 nitrogen and oxygen atoms in total. The predicted molar refractivity (Wildman–Crippen MR) is 104 cm³/mol. The molecule has 9 heteroatoms. The molecule has 30 heavy (non-hydrogen) atoms. The smallest absolute Gasteiger partial charge is 0.331 e. The van der Waals surface area contributed by atoms with Crippen LogP contribution < -0.4 is 5.32 Å². The van der Waals surface area contributed by atoms with E-state index in [1.807, 2.05) is 30.3 Å². The van der Waals surface area contributed by atoms with Crippen molar-refractivity contribution in [3.63, 3.8) is 0 Å². The van der Waals surface area contributed by atoms with Gasteiger partial charge in [-0.3, -0.25) is 4.79 Å². The number of esters is 1. The van der Waals surface area contributed by atoms with Crippen molar-refractivity contribution in [2.24, 2.45) is 0 Å². The molecule has 166 valence electrons. The van der Waals surface area contributed by atoms with Gasteiger partial charge in [-0.15, -0.1) is 0 Å². The molecule has 5 atom stereocenters. The van der Waals surface area contributed by atoms with Gasteiger partial charge in [-0.25, -0.2) is 4.79 Å². The zero-order valence-corrected chi connectivity index (χ0v) is 17.7. The number of ether oxygens (including phenoxy) is 6. The summed E-state index contributed by atoms with van der Waals surface area (Å²) < 4.78 is 34.4. The fraction of sp³-hybridized carbons (Fsp3) is 0.619. The van der Waals surface area contributed by atoms with Gasteiger partial charge in [-0.05, 0) is 19.4 Å². The van der Waals surface area contributed by atoms with E-state index in [1.165, 1.54) is 14.0 Å². The molecular weight excluding hydrogens is 394 g/mol. The van der Waals surface area contributed by atoms with Crippen LogP contribution in [0.4, 0.5) is 0 Å². The number of hydrogen-bond acceptors (Lipinski definition) is 8. The first kappa shape index (κ1) is 22.6. The van der Waals surface area contributed by atoms with Gasteiger partial charge in [0.2, 0.25) is 5.91 Å². The van der Waals surface area contributed by atoms with E-state index in [-0.39, 0.29) is 25.7 Å².